The highest BCUT2D eigenvalue weighted by Crippen LogP contribution is 2.26. The van der Waals surface area contributed by atoms with Crippen molar-refractivity contribution in [3.63, 3.8) is 0 Å². The van der Waals surface area contributed by atoms with Gasteiger partial charge in [-0.15, -0.1) is 0 Å². The molecule has 0 aliphatic rings. The van der Waals surface area contributed by atoms with Crippen LogP contribution in [0, 0.1) is 6.92 Å². The van der Waals surface area contributed by atoms with Crippen LogP contribution in [-0.4, -0.2) is 23.7 Å². The zero-order chi connectivity index (χ0) is 12.1. The molecule has 2 N–H and O–H groups in total. The van der Waals surface area contributed by atoms with Gasteiger partial charge in [-0.2, -0.15) is 0 Å². The molecule has 16 heavy (non-hydrogen) atoms. The number of carboxylic acid groups (broad SMARTS) is 1. The average molecular weight is 223 g/mol. The normalized spacial score (nSPS) is 11.9. The molecule has 1 atom stereocenters. The van der Waals surface area contributed by atoms with E-state index in [1.54, 1.807) is 6.92 Å². The van der Waals surface area contributed by atoms with Crippen molar-refractivity contribution in [2.45, 2.75) is 26.8 Å². The van der Waals surface area contributed by atoms with Gasteiger partial charge in [0.25, 0.3) is 0 Å². The second-order valence-electron chi connectivity index (χ2n) is 3.64. The van der Waals surface area contributed by atoms with Crippen LogP contribution >= 0.6 is 0 Å². The minimum Gasteiger partial charge on any atom is -0.492 e. The van der Waals surface area contributed by atoms with Crippen molar-refractivity contribution in [3.05, 3.63) is 23.8 Å². The van der Waals surface area contributed by atoms with Crippen molar-refractivity contribution in [2.24, 2.45) is 0 Å². The topological polar surface area (TPSA) is 58.6 Å². The van der Waals surface area contributed by atoms with Gasteiger partial charge < -0.3 is 15.2 Å². The number of carboxylic acids is 1. The van der Waals surface area contributed by atoms with Crippen LogP contribution in [0.1, 0.15) is 19.4 Å². The van der Waals surface area contributed by atoms with Gasteiger partial charge in [-0.3, -0.25) is 4.79 Å². The second-order valence-corrected chi connectivity index (χ2v) is 3.64. The molecule has 0 saturated carbocycles. The van der Waals surface area contributed by atoms with E-state index in [0.717, 1.165) is 5.56 Å². The number of ether oxygens (including phenoxy) is 1. The Morgan fingerprint density at radius 2 is 2.25 bits per heavy atom. The molecule has 0 saturated heterocycles. The van der Waals surface area contributed by atoms with Crippen LogP contribution in [0.15, 0.2) is 18.2 Å². The molecule has 0 aliphatic heterocycles. The van der Waals surface area contributed by atoms with Gasteiger partial charge in [0, 0.05) is 0 Å². The molecule has 0 amide bonds. The molecule has 0 fully saturated rings. The third kappa shape index (κ3) is 3.15. The van der Waals surface area contributed by atoms with Crippen LogP contribution in [0.2, 0.25) is 0 Å². The fraction of sp³-hybridized carbons (Fsp3) is 0.417. The molecule has 0 heterocycles. The largest absolute Gasteiger partial charge is 0.492 e. The van der Waals surface area contributed by atoms with Gasteiger partial charge >= 0.3 is 5.97 Å². The van der Waals surface area contributed by atoms with Gasteiger partial charge in [-0.1, -0.05) is 6.07 Å². The number of aliphatic carboxylic acids is 1. The van der Waals surface area contributed by atoms with E-state index in [-0.39, 0.29) is 0 Å². The van der Waals surface area contributed by atoms with Gasteiger partial charge in [-0.05, 0) is 38.5 Å². The number of carbonyl (C=O) groups is 1. The first-order chi connectivity index (χ1) is 7.54. The van der Waals surface area contributed by atoms with E-state index in [9.17, 15) is 4.79 Å². The lowest BCUT2D eigenvalue weighted by Crippen LogP contribution is -2.25. The number of anilines is 1. The first-order valence-electron chi connectivity index (χ1n) is 5.27. The zero-order valence-corrected chi connectivity index (χ0v) is 9.78. The standard InChI is InChI=1S/C12H17NO3/c1-4-16-11-7-8(2)5-6-10(11)13-9(3)12(14)15/h5-7,9,13H,4H2,1-3H3,(H,14,15). The van der Waals surface area contributed by atoms with Gasteiger partial charge in [0.1, 0.15) is 11.8 Å². The van der Waals surface area contributed by atoms with E-state index >= 15 is 0 Å². The monoisotopic (exact) mass is 223 g/mol. The number of nitrogens with one attached hydrogen (secondary N) is 1. The molecule has 1 aromatic rings. The van der Waals surface area contributed by atoms with E-state index < -0.39 is 12.0 Å². The number of aryl methyl sites for hydroxylation is 1. The third-order valence-corrected chi connectivity index (χ3v) is 2.18. The van der Waals surface area contributed by atoms with Crippen molar-refractivity contribution in [3.8, 4) is 5.75 Å². The lowest BCUT2D eigenvalue weighted by Gasteiger charge is -2.15. The van der Waals surface area contributed by atoms with Gasteiger partial charge in [0.2, 0.25) is 0 Å². The molecule has 4 heteroatoms. The van der Waals surface area contributed by atoms with Gasteiger partial charge in [0.05, 0.1) is 12.3 Å². The highest BCUT2D eigenvalue weighted by Gasteiger charge is 2.12. The quantitative estimate of drug-likeness (QED) is 0.804. The van der Waals surface area contributed by atoms with Crippen molar-refractivity contribution in [2.75, 3.05) is 11.9 Å². The Kier molecular flexibility index (Phi) is 4.17. The first-order valence-corrected chi connectivity index (χ1v) is 5.27. The Balaban J connectivity index is 2.89. The fourth-order valence-electron chi connectivity index (χ4n) is 1.32. The zero-order valence-electron chi connectivity index (χ0n) is 9.78. The van der Waals surface area contributed by atoms with Crippen molar-refractivity contribution in [1.29, 1.82) is 0 Å². The Bertz CT molecular complexity index is 377. The second kappa shape index (κ2) is 5.39. The first kappa shape index (κ1) is 12.4. The van der Waals surface area contributed by atoms with Crippen LogP contribution in [0.3, 0.4) is 0 Å². The Morgan fingerprint density at radius 1 is 1.56 bits per heavy atom. The van der Waals surface area contributed by atoms with E-state index in [0.29, 0.717) is 18.0 Å². The molecule has 0 aromatic heterocycles. The summed E-state index contributed by atoms with van der Waals surface area (Å²) in [6, 6.07) is 5.00. The molecule has 0 spiro atoms. The SMILES string of the molecule is CCOc1cc(C)ccc1NC(C)C(=O)O. The number of hydrogen-bond acceptors (Lipinski definition) is 3. The predicted octanol–water partition coefficient (Wildman–Crippen LogP) is 2.28. The maximum absolute atomic E-state index is 10.7. The maximum Gasteiger partial charge on any atom is 0.325 e. The Morgan fingerprint density at radius 3 is 2.81 bits per heavy atom. The lowest BCUT2D eigenvalue weighted by atomic mass is 10.2. The van der Waals surface area contributed by atoms with Crippen LogP contribution < -0.4 is 10.1 Å². The molecule has 88 valence electrons. The summed E-state index contributed by atoms with van der Waals surface area (Å²) in [6.45, 7) is 6.01. The number of rotatable bonds is 5. The Labute approximate surface area is 95.2 Å². The van der Waals surface area contributed by atoms with Crippen LogP contribution in [0.25, 0.3) is 0 Å². The van der Waals surface area contributed by atoms with E-state index in [2.05, 4.69) is 5.32 Å². The van der Waals surface area contributed by atoms with Gasteiger partial charge in [0.15, 0.2) is 0 Å². The smallest absolute Gasteiger partial charge is 0.325 e. The van der Waals surface area contributed by atoms with Gasteiger partial charge in [-0.25, -0.2) is 0 Å². The third-order valence-electron chi connectivity index (χ3n) is 2.18. The molecule has 1 aromatic carbocycles. The highest BCUT2D eigenvalue weighted by molar-refractivity contribution is 5.77. The van der Waals surface area contributed by atoms with Crippen LogP contribution in [0.4, 0.5) is 5.69 Å². The summed E-state index contributed by atoms with van der Waals surface area (Å²) in [5, 5.41) is 11.7. The summed E-state index contributed by atoms with van der Waals surface area (Å²) in [5.74, 6) is -0.196. The summed E-state index contributed by atoms with van der Waals surface area (Å²) < 4.78 is 5.44. The van der Waals surface area contributed by atoms with Crippen LogP contribution in [0.5, 0.6) is 5.75 Å². The molecular formula is C12H17NO3. The fourth-order valence-corrected chi connectivity index (χ4v) is 1.32. The minimum absolute atomic E-state index is 0.555. The minimum atomic E-state index is -0.886. The maximum atomic E-state index is 10.7. The molecule has 1 unspecified atom stereocenters. The predicted molar refractivity (Wildman–Crippen MR) is 63.1 cm³/mol. The molecule has 1 rings (SSSR count). The van der Waals surface area contributed by atoms with Crippen LogP contribution in [-0.2, 0) is 4.79 Å². The summed E-state index contributed by atoms with van der Waals surface area (Å²) >= 11 is 0. The Hall–Kier alpha value is -1.71. The number of hydrogen-bond donors (Lipinski definition) is 2. The molecule has 4 nitrogen and oxygen atoms in total. The highest BCUT2D eigenvalue weighted by atomic mass is 16.5. The molecule has 0 radical (unpaired) electrons. The van der Waals surface area contributed by atoms with E-state index in [1.165, 1.54) is 0 Å². The number of benzene rings is 1. The molecule has 0 aliphatic carbocycles. The average Bonchev–Trinajstić information content (AvgIpc) is 2.22. The van der Waals surface area contributed by atoms with Crippen molar-refractivity contribution in [1.82, 2.24) is 0 Å². The van der Waals surface area contributed by atoms with Crippen molar-refractivity contribution >= 4 is 11.7 Å². The summed E-state index contributed by atoms with van der Waals surface area (Å²) in [4.78, 5) is 10.7. The molecular weight excluding hydrogens is 206 g/mol. The summed E-state index contributed by atoms with van der Waals surface area (Å²) in [5.41, 5.74) is 1.79. The molecule has 0 bridgehead atoms. The van der Waals surface area contributed by atoms with E-state index in [1.807, 2.05) is 32.0 Å². The van der Waals surface area contributed by atoms with E-state index in [4.69, 9.17) is 9.84 Å². The lowest BCUT2D eigenvalue weighted by molar-refractivity contribution is -0.137. The summed E-state index contributed by atoms with van der Waals surface area (Å²) in [7, 11) is 0. The summed E-state index contributed by atoms with van der Waals surface area (Å²) in [6.07, 6.45) is 0. The van der Waals surface area contributed by atoms with Crippen molar-refractivity contribution < 1.29 is 14.6 Å².